The molecule has 180 valence electrons. The molecular weight excluding hydrogens is 432 g/mol. The van der Waals surface area contributed by atoms with Gasteiger partial charge in [0.25, 0.3) is 11.8 Å². The molecule has 3 amide bonds. The number of amides is 3. The van der Waals surface area contributed by atoms with Crippen molar-refractivity contribution in [1.29, 1.82) is 0 Å². The van der Waals surface area contributed by atoms with Gasteiger partial charge in [-0.2, -0.15) is 0 Å². The standard InChI is InChI=1S/C26H32N4O4/c1-19-8-10-29(11-9-19)25(32)21-5-3-7-23(17-21)28-24(31)18-27-22-6-2-4-20(16-22)26(33)30-12-14-34-15-13-30/h2-7,16-17,19,27H,8-15,18H2,1H3,(H,28,31). The van der Waals surface area contributed by atoms with Crippen LogP contribution in [-0.2, 0) is 9.53 Å². The van der Waals surface area contributed by atoms with Gasteiger partial charge in [-0.1, -0.05) is 19.1 Å². The maximum Gasteiger partial charge on any atom is 0.254 e. The topological polar surface area (TPSA) is 91.0 Å². The summed E-state index contributed by atoms with van der Waals surface area (Å²) in [7, 11) is 0. The zero-order valence-corrected chi connectivity index (χ0v) is 19.6. The number of ether oxygens (including phenoxy) is 1. The van der Waals surface area contributed by atoms with Gasteiger partial charge < -0.3 is 25.2 Å². The van der Waals surface area contributed by atoms with E-state index in [2.05, 4.69) is 17.6 Å². The molecule has 8 nitrogen and oxygen atoms in total. The fourth-order valence-corrected chi connectivity index (χ4v) is 4.22. The van der Waals surface area contributed by atoms with E-state index in [0.717, 1.165) is 25.9 Å². The lowest BCUT2D eigenvalue weighted by atomic mass is 9.98. The number of hydrogen-bond donors (Lipinski definition) is 2. The van der Waals surface area contributed by atoms with E-state index in [1.54, 1.807) is 47.4 Å². The van der Waals surface area contributed by atoms with Gasteiger partial charge in [0.2, 0.25) is 5.91 Å². The van der Waals surface area contributed by atoms with Crippen molar-refractivity contribution in [3.05, 3.63) is 59.7 Å². The second-order valence-corrected chi connectivity index (χ2v) is 8.94. The number of carbonyl (C=O) groups excluding carboxylic acids is 3. The number of anilines is 2. The van der Waals surface area contributed by atoms with E-state index >= 15 is 0 Å². The Kier molecular flexibility index (Phi) is 7.80. The molecule has 8 heteroatoms. The minimum absolute atomic E-state index is 0.00266. The molecule has 2 fully saturated rings. The Labute approximate surface area is 200 Å². The number of piperidine rings is 1. The Hall–Kier alpha value is -3.39. The molecule has 4 rings (SSSR count). The monoisotopic (exact) mass is 464 g/mol. The number of likely N-dealkylation sites (tertiary alicyclic amines) is 1. The third kappa shape index (κ3) is 6.14. The molecule has 2 N–H and O–H groups in total. The van der Waals surface area contributed by atoms with Gasteiger partial charge in [0.15, 0.2) is 0 Å². The highest BCUT2D eigenvalue weighted by Gasteiger charge is 2.22. The quantitative estimate of drug-likeness (QED) is 0.686. The van der Waals surface area contributed by atoms with Gasteiger partial charge in [0.1, 0.15) is 0 Å². The summed E-state index contributed by atoms with van der Waals surface area (Å²) < 4.78 is 5.31. The summed E-state index contributed by atoms with van der Waals surface area (Å²) in [5.41, 5.74) is 2.43. The molecule has 2 aromatic carbocycles. The maximum atomic E-state index is 12.8. The fourth-order valence-electron chi connectivity index (χ4n) is 4.22. The Bertz CT molecular complexity index is 1030. The van der Waals surface area contributed by atoms with E-state index in [-0.39, 0.29) is 24.3 Å². The van der Waals surface area contributed by atoms with Crippen LogP contribution in [0.1, 0.15) is 40.5 Å². The summed E-state index contributed by atoms with van der Waals surface area (Å²) in [6.07, 6.45) is 2.04. The molecule has 2 aliphatic rings. The molecule has 0 bridgehead atoms. The van der Waals surface area contributed by atoms with Crippen LogP contribution in [0.15, 0.2) is 48.5 Å². The van der Waals surface area contributed by atoms with Crippen molar-refractivity contribution >= 4 is 29.1 Å². The molecule has 2 heterocycles. The van der Waals surface area contributed by atoms with Crippen LogP contribution in [0.4, 0.5) is 11.4 Å². The number of nitrogens with zero attached hydrogens (tertiary/aromatic N) is 2. The normalized spacial score (nSPS) is 16.7. The SMILES string of the molecule is CC1CCN(C(=O)c2cccc(NC(=O)CNc3cccc(C(=O)N4CCOCC4)c3)c2)CC1. The molecule has 0 aromatic heterocycles. The van der Waals surface area contributed by atoms with Crippen LogP contribution in [0.5, 0.6) is 0 Å². The van der Waals surface area contributed by atoms with E-state index < -0.39 is 0 Å². The third-order valence-electron chi connectivity index (χ3n) is 6.33. The summed E-state index contributed by atoms with van der Waals surface area (Å²) in [6.45, 7) is 6.05. The van der Waals surface area contributed by atoms with Crippen LogP contribution >= 0.6 is 0 Å². The van der Waals surface area contributed by atoms with Crippen LogP contribution < -0.4 is 10.6 Å². The first-order chi connectivity index (χ1) is 16.5. The highest BCUT2D eigenvalue weighted by Crippen LogP contribution is 2.20. The molecule has 0 aliphatic carbocycles. The predicted octanol–water partition coefficient (Wildman–Crippen LogP) is 3.08. The summed E-state index contributed by atoms with van der Waals surface area (Å²) in [6, 6.07) is 14.2. The first-order valence-corrected chi connectivity index (χ1v) is 11.9. The number of rotatable bonds is 6. The molecule has 0 unspecified atom stereocenters. The molecule has 0 saturated carbocycles. The largest absolute Gasteiger partial charge is 0.378 e. The Morgan fingerprint density at radius 2 is 1.41 bits per heavy atom. The summed E-state index contributed by atoms with van der Waals surface area (Å²) in [4.78, 5) is 41.7. The average molecular weight is 465 g/mol. The number of morpholine rings is 1. The lowest BCUT2D eigenvalue weighted by molar-refractivity contribution is -0.114. The molecule has 2 aromatic rings. The first-order valence-electron chi connectivity index (χ1n) is 11.9. The highest BCUT2D eigenvalue weighted by molar-refractivity contribution is 5.98. The van der Waals surface area contributed by atoms with Crippen molar-refractivity contribution in [3.8, 4) is 0 Å². The molecule has 0 atom stereocenters. The second kappa shape index (κ2) is 11.2. The van der Waals surface area contributed by atoms with Gasteiger partial charge in [-0.3, -0.25) is 14.4 Å². The summed E-state index contributed by atoms with van der Waals surface area (Å²) in [5, 5.41) is 5.92. The van der Waals surface area contributed by atoms with E-state index in [9.17, 15) is 14.4 Å². The molecule has 2 aliphatic heterocycles. The van der Waals surface area contributed by atoms with Crippen LogP contribution in [0.25, 0.3) is 0 Å². The third-order valence-corrected chi connectivity index (χ3v) is 6.33. The summed E-state index contributed by atoms with van der Waals surface area (Å²) in [5.74, 6) is 0.380. The lowest BCUT2D eigenvalue weighted by Gasteiger charge is -2.30. The van der Waals surface area contributed by atoms with Crippen molar-refractivity contribution in [2.24, 2.45) is 5.92 Å². The average Bonchev–Trinajstić information content (AvgIpc) is 2.88. The number of nitrogens with one attached hydrogen (secondary N) is 2. The Morgan fingerprint density at radius 3 is 2.06 bits per heavy atom. The molecule has 34 heavy (non-hydrogen) atoms. The van der Waals surface area contributed by atoms with E-state index in [4.69, 9.17) is 4.74 Å². The zero-order chi connectivity index (χ0) is 23.9. The number of carbonyl (C=O) groups is 3. The highest BCUT2D eigenvalue weighted by atomic mass is 16.5. The molecule has 0 spiro atoms. The number of hydrogen-bond acceptors (Lipinski definition) is 5. The smallest absolute Gasteiger partial charge is 0.254 e. The number of benzene rings is 2. The van der Waals surface area contributed by atoms with Crippen molar-refractivity contribution in [1.82, 2.24) is 9.80 Å². The van der Waals surface area contributed by atoms with Gasteiger partial charge in [0, 0.05) is 48.7 Å². The molecular formula is C26H32N4O4. The maximum absolute atomic E-state index is 12.8. The van der Waals surface area contributed by atoms with Crippen molar-refractivity contribution in [2.45, 2.75) is 19.8 Å². The van der Waals surface area contributed by atoms with Crippen LogP contribution in [0.3, 0.4) is 0 Å². The van der Waals surface area contributed by atoms with Crippen LogP contribution in [-0.4, -0.2) is 73.5 Å². The molecule has 2 saturated heterocycles. The summed E-state index contributed by atoms with van der Waals surface area (Å²) >= 11 is 0. The van der Waals surface area contributed by atoms with Gasteiger partial charge in [-0.25, -0.2) is 0 Å². The first kappa shape index (κ1) is 23.8. The second-order valence-electron chi connectivity index (χ2n) is 8.94. The van der Waals surface area contributed by atoms with Crippen LogP contribution in [0.2, 0.25) is 0 Å². The molecule has 0 radical (unpaired) electrons. The van der Waals surface area contributed by atoms with E-state index in [1.807, 2.05) is 11.0 Å². The van der Waals surface area contributed by atoms with Gasteiger partial charge in [-0.05, 0) is 55.2 Å². The van der Waals surface area contributed by atoms with Crippen molar-refractivity contribution < 1.29 is 19.1 Å². The Morgan fingerprint density at radius 1 is 0.853 bits per heavy atom. The lowest BCUT2D eigenvalue weighted by Crippen LogP contribution is -2.40. The predicted molar refractivity (Wildman–Crippen MR) is 131 cm³/mol. The van der Waals surface area contributed by atoms with Crippen LogP contribution in [0, 0.1) is 5.92 Å². The van der Waals surface area contributed by atoms with Gasteiger partial charge in [0.05, 0.1) is 19.8 Å². The van der Waals surface area contributed by atoms with Crippen molar-refractivity contribution in [2.75, 3.05) is 56.6 Å². The van der Waals surface area contributed by atoms with Crippen molar-refractivity contribution in [3.63, 3.8) is 0 Å². The Balaban J connectivity index is 1.31. The minimum Gasteiger partial charge on any atom is -0.378 e. The minimum atomic E-state index is -0.235. The van der Waals surface area contributed by atoms with E-state index in [0.29, 0.717) is 54.7 Å². The fraction of sp³-hybridized carbons (Fsp3) is 0.423. The zero-order valence-electron chi connectivity index (χ0n) is 19.6. The van der Waals surface area contributed by atoms with E-state index in [1.165, 1.54) is 0 Å². The van der Waals surface area contributed by atoms with Gasteiger partial charge in [-0.15, -0.1) is 0 Å². The van der Waals surface area contributed by atoms with Gasteiger partial charge >= 0.3 is 0 Å².